The number of ketones is 1. The summed E-state index contributed by atoms with van der Waals surface area (Å²) in [4.78, 5) is 17.5. The summed E-state index contributed by atoms with van der Waals surface area (Å²) in [5.41, 5.74) is 0. The van der Waals surface area contributed by atoms with Crippen molar-refractivity contribution in [1.82, 2.24) is 9.80 Å². The number of Topliss-reactive ketones (excluding diaryl/α,β-unsaturated/α-hetero) is 1. The number of piperazine rings is 1. The lowest BCUT2D eigenvalue weighted by molar-refractivity contribution is 0.0971. The molecular weight excluding hydrogens is 232 g/mol. The Morgan fingerprint density at radius 3 is 2.76 bits per heavy atom. The van der Waals surface area contributed by atoms with Crippen LogP contribution in [0.15, 0.2) is 17.5 Å². The second-order valence-corrected chi connectivity index (χ2v) is 5.60. The number of rotatable bonds is 5. The molecule has 4 heteroatoms. The van der Waals surface area contributed by atoms with E-state index in [0.29, 0.717) is 12.2 Å². The number of likely N-dealkylation sites (N-methyl/N-ethyl adjacent to an activating group) is 1. The molecular formula is C13H20N2OS. The van der Waals surface area contributed by atoms with E-state index in [2.05, 4.69) is 16.8 Å². The molecule has 0 unspecified atom stereocenters. The third-order valence-corrected chi connectivity index (χ3v) is 4.18. The van der Waals surface area contributed by atoms with Crippen LogP contribution >= 0.6 is 11.3 Å². The van der Waals surface area contributed by atoms with Gasteiger partial charge in [0.2, 0.25) is 0 Å². The van der Waals surface area contributed by atoms with Crippen LogP contribution in [0.25, 0.3) is 0 Å². The van der Waals surface area contributed by atoms with Crippen molar-refractivity contribution in [2.75, 3.05) is 39.8 Å². The van der Waals surface area contributed by atoms with Gasteiger partial charge in [-0.15, -0.1) is 11.3 Å². The van der Waals surface area contributed by atoms with Crippen LogP contribution in [0.2, 0.25) is 0 Å². The van der Waals surface area contributed by atoms with Gasteiger partial charge in [-0.25, -0.2) is 0 Å². The van der Waals surface area contributed by atoms with Gasteiger partial charge in [0.05, 0.1) is 4.88 Å². The molecule has 1 aliphatic rings. The maximum atomic E-state index is 11.8. The quantitative estimate of drug-likeness (QED) is 0.748. The molecule has 0 atom stereocenters. The Balaban J connectivity index is 1.64. The fourth-order valence-electron chi connectivity index (χ4n) is 2.10. The fourth-order valence-corrected chi connectivity index (χ4v) is 2.79. The minimum absolute atomic E-state index is 0.300. The minimum Gasteiger partial charge on any atom is -0.304 e. The molecule has 0 amide bonds. The van der Waals surface area contributed by atoms with Crippen molar-refractivity contribution < 1.29 is 4.79 Å². The summed E-state index contributed by atoms with van der Waals surface area (Å²) in [5, 5.41) is 1.97. The van der Waals surface area contributed by atoms with E-state index in [1.165, 1.54) is 0 Å². The third kappa shape index (κ3) is 3.91. The minimum atomic E-state index is 0.300. The monoisotopic (exact) mass is 252 g/mol. The zero-order valence-electron chi connectivity index (χ0n) is 10.4. The topological polar surface area (TPSA) is 23.6 Å². The molecule has 0 radical (unpaired) electrons. The second-order valence-electron chi connectivity index (χ2n) is 4.65. The molecule has 2 rings (SSSR count). The van der Waals surface area contributed by atoms with Crippen LogP contribution in [0, 0.1) is 0 Å². The molecule has 3 nitrogen and oxygen atoms in total. The Hall–Kier alpha value is -0.710. The van der Waals surface area contributed by atoms with Crippen molar-refractivity contribution in [2.24, 2.45) is 0 Å². The molecule has 2 heterocycles. The largest absolute Gasteiger partial charge is 0.304 e. The molecule has 0 spiro atoms. The van der Waals surface area contributed by atoms with Crippen LogP contribution in [-0.4, -0.2) is 55.4 Å². The van der Waals surface area contributed by atoms with Crippen LogP contribution in [-0.2, 0) is 0 Å². The SMILES string of the molecule is CN1CCN(CCCC(=O)c2cccs2)CC1. The number of thiophene rings is 1. The summed E-state index contributed by atoms with van der Waals surface area (Å²) in [6, 6.07) is 3.86. The molecule has 0 bridgehead atoms. The smallest absolute Gasteiger partial charge is 0.172 e. The van der Waals surface area contributed by atoms with Crippen LogP contribution in [0.4, 0.5) is 0 Å². The predicted molar refractivity (Wildman–Crippen MR) is 71.8 cm³/mol. The van der Waals surface area contributed by atoms with Crippen LogP contribution in [0.3, 0.4) is 0 Å². The first-order valence-electron chi connectivity index (χ1n) is 6.23. The van der Waals surface area contributed by atoms with Gasteiger partial charge in [-0.1, -0.05) is 6.07 Å². The van der Waals surface area contributed by atoms with Gasteiger partial charge in [0.1, 0.15) is 0 Å². The summed E-state index contributed by atoms with van der Waals surface area (Å²) < 4.78 is 0. The highest BCUT2D eigenvalue weighted by molar-refractivity contribution is 7.12. The van der Waals surface area contributed by atoms with Crippen molar-refractivity contribution in [3.63, 3.8) is 0 Å². The Morgan fingerprint density at radius 2 is 2.12 bits per heavy atom. The molecule has 94 valence electrons. The van der Waals surface area contributed by atoms with E-state index >= 15 is 0 Å². The van der Waals surface area contributed by atoms with Crippen molar-refractivity contribution >= 4 is 17.1 Å². The summed E-state index contributed by atoms with van der Waals surface area (Å²) in [6.45, 7) is 5.65. The predicted octanol–water partition coefficient (Wildman–Crippen LogP) is 1.96. The van der Waals surface area contributed by atoms with E-state index in [-0.39, 0.29) is 0 Å². The summed E-state index contributed by atoms with van der Waals surface area (Å²) >= 11 is 1.55. The van der Waals surface area contributed by atoms with Gasteiger partial charge >= 0.3 is 0 Å². The Kier molecular flexibility index (Phi) is 4.71. The Morgan fingerprint density at radius 1 is 1.35 bits per heavy atom. The molecule has 0 aromatic carbocycles. The zero-order chi connectivity index (χ0) is 12.1. The van der Waals surface area contributed by atoms with E-state index in [1.807, 2.05) is 17.5 Å². The number of hydrogen-bond donors (Lipinski definition) is 0. The van der Waals surface area contributed by atoms with Gasteiger partial charge < -0.3 is 9.80 Å². The zero-order valence-corrected chi connectivity index (χ0v) is 11.2. The maximum absolute atomic E-state index is 11.8. The normalized spacial score (nSPS) is 18.4. The molecule has 0 N–H and O–H groups in total. The molecule has 1 saturated heterocycles. The van der Waals surface area contributed by atoms with Gasteiger partial charge in [0.25, 0.3) is 0 Å². The number of carbonyl (C=O) groups is 1. The number of carbonyl (C=O) groups excluding carboxylic acids is 1. The van der Waals surface area contributed by atoms with E-state index in [9.17, 15) is 4.79 Å². The molecule has 1 fully saturated rings. The standard InChI is InChI=1S/C13H20N2OS/c1-14-7-9-15(10-8-14)6-2-4-12(16)13-5-3-11-17-13/h3,5,11H,2,4,6-10H2,1H3. The molecule has 0 aliphatic carbocycles. The average molecular weight is 252 g/mol. The summed E-state index contributed by atoms with van der Waals surface area (Å²) in [7, 11) is 2.16. The molecule has 1 aliphatic heterocycles. The van der Waals surface area contributed by atoms with Crippen LogP contribution in [0.1, 0.15) is 22.5 Å². The van der Waals surface area contributed by atoms with Gasteiger partial charge in [0, 0.05) is 32.6 Å². The number of nitrogens with zero attached hydrogens (tertiary/aromatic N) is 2. The van der Waals surface area contributed by atoms with E-state index in [0.717, 1.165) is 44.0 Å². The molecule has 0 saturated carbocycles. The van der Waals surface area contributed by atoms with Crippen molar-refractivity contribution in [2.45, 2.75) is 12.8 Å². The maximum Gasteiger partial charge on any atom is 0.172 e. The lowest BCUT2D eigenvalue weighted by Gasteiger charge is -2.32. The Labute approximate surface area is 107 Å². The first-order valence-corrected chi connectivity index (χ1v) is 7.11. The lowest BCUT2D eigenvalue weighted by Crippen LogP contribution is -2.44. The molecule has 17 heavy (non-hydrogen) atoms. The van der Waals surface area contributed by atoms with Crippen LogP contribution < -0.4 is 0 Å². The average Bonchev–Trinajstić information content (AvgIpc) is 2.85. The van der Waals surface area contributed by atoms with Crippen molar-refractivity contribution in [3.8, 4) is 0 Å². The van der Waals surface area contributed by atoms with E-state index in [1.54, 1.807) is 11.3 Å². The summed E-state index contributed by atoms with van der Waals surface area (Å²) in [6.07, 6.45) is 1.67. The third-order valence-electron chi connectivity index (χ3n) is 3.27. The number of hydrogen-bond acceptors (Lipinski definition) is 4. The van der Waals surface area contributed by atoms with E-state index < -0.39 is 0 Å². The Bertz CT molecular complexity index is 342. The van der Waals surface area contributed by atoms with Gasteiger partial charge in [0.15, 0.2) is 5.78 Å². The van der Waals surface area contributed by atoms with Crippen LogP contribution in [0.5, 0.6) is 0 Å². The highest BCUT2D eigenvalue weighted by atomic mass is 32.1. The first kappa shape index (κ1) is 12.7. The van der Waals surface area contributed by atoms with Crippen molar-refractivity contribution in [3.05, 3.63) is 22.4 Å². The molecule has 1 aromatic heterocycles. The van der Waals surface area contributed by atoms with Gasteiger partial charge in [-0.3, -0.25) is 4.79 Å². The highest BCUT2D eigenvalue weighted by Crippen LogP contribution is 2.12. The highest BCUT2D eigenvalue weighted by Gasteiger charge is 2.14. The first-order chi connectivity index (χ1) is 8.25. The van der Waals surface area contributed by atoms with Gasteiger partial charge in [-0.2, -0.15) is 0 Å². The second kappa shape index (κ2) is 6.28. The van der Waals surface area contributed by atoms with Gasteiger partial charge in [-0.05, 0) is 31.5 Å². The summed E-state index contributed by atoms with van der Waals surface area (Å²) in [5.74, 6) is 0.300. The lowest BCUT2D eigenvalue weighted by atomic mass is 10.2. The molecule has 1 aromatic rings. The van der Waals surface area contributed by atoms with E-state index in [4.69, 9.17) is 0 Å². The van der Waals surface area contributed by atoms with Crippen molar-refractivity contribution in [1.29, 1.82) is 0 Å². The fraction of sp³-hybridized carbons (Fsp3) is 0.615.